The highest BCUT2D eigenvalue weighted by Crippen LogP contribution is 2.16. The first-order valence-corrected chi connectivity index (χ1v) is 6.63. The fourth-order valence-corrected chi connectivity index (χ4v) is 2.82. The Balaban J connectivity index is 1.81. The van der Waals surface area contributed by atoms with Gasteiger partial charge in [0.05, 0.1) is 17.7 Å². The van der Waals surface area contributed by atoms with Gasteiger partial charge in [0.1, 0.15) is 6.54 Å². The first kappa shape index (κ1) is 11.7. The molecule has 0 unspecified atom stereocenters. The second-order valence-electron chi connectivity index (χ2n) is 4.18. The minimum atomic E-state index is -0.270. The van der Waals surface area contributed by atoms with Crippen LogP contribution in [0.5, 0.6) is 0 Å². The summed E-state index contributed by atoms with van der Waals surface area (Å²) in [6, 6.07) is 0. The average Bonchev–Trinajstić information content (AvgIpc) is 2.65. The van der Waals surface area contributed by atoms with Crippen molar-refractivity contribution in [3.8, 4) is 0 Å². The van der Waals surface area contributed by atoms with Crippen molar-refractivity contribution in [3.05, 3.63) is 0 Å². The molecule has 0 radical (unpaired) electrons. The van der Waals surface area contributed by atoms with Crippen LogP contribution >= 0.6 is 11.8 Å². The molecule has 2 amide bonds. The van der Waals surface area contributed by atoms with E-state index in [0.29, 0.717) is 37.6 Å². The number of piperidine rings is 1. The summed E-state index contributed by atoms with van der Waals surface area (Å²) in [6.07, 6.45) is 1.02. The summed E-state index contributed by atoms with van der Waals surface area (Å²) in [5.74, 6) is 1.17. The predicted molar refractivity (Wildman–Crippen MR) is 60.9 cm³/mol. The number of nitrogens with zero attached hydrogens (tertiary/aromatic N) is 2. The summed E-state index contributed by atoms with van der Waals surface area (Å²) >= 11 is 1.54. The zero-order chi connectivity index (χ0) is 11.5. The van der Waals surface area contributed by atoms with E-state index in [0.717, 1.165) is 0 Å². The zero-order valence-electron chi connectivity index (χ0n) is 9.09. The molecule has 0 saturated carbocycles. The topological polar surface area (TPSA) is 60.9 Å². The molecule has 1 N–H and O–H groups in total. The monoisotopic (exact) mass is 244 g/mol. The fraction of sp³-hybridized carbons (Fsp3) is 0.800. The minimum absolute atomic E-state index is 0.00255. The van der Waals surface area contributed by atoms with Crippen LogP contribution in [0.15, 0.2) is 0 Å². The summed E-state index contributed by atoms with van der Waals surface area (Å²) in [6.45, 7) is 1.41. The van der Waals surface area contributed by atoms with Crippen molar-refractivity contribution < 1.29 is 14.7 Å². The van der Waals surface area contributed by atoms with Crippen molar-refractivity contribution in [2.24, 2.45) is 0 Å². The van der Waals surface area contributed by atoms with Crippen molar-refractivity contribution in [2.75, 3.05) is 31.3 Å². The number of amides is 2. The van der Waals surface area contributed by atoms with Crippen molar-refractivity contribution >= 4 is 23.6 Å². The van der Waals surface area contributed by atoms with E-state index in [1.54, 1.807) is 21.6 Å². The van der Waals surface area contributed by atoms with Gasteiger partial charge in [-0.25, -0.2) is 0 Å². The van der Waals surface area contributed by atoms with E-state index in [9.17, 15) is 14.7 Å². The third-order valence-electron chi connectivity index (χ3n) is 2.97. The number of carbonyl (C=O) groups excluding carboxylic acids is 2. The Hall–Kier alpha value is -0.750. The molecule has 0 spiro atoms. The van der Waals surface area contributed by atoms with Gasteiger partial charge >= 0.3 is 0 Å². The highest BCUT2D eigenvalue weighted by molar-refractivity contribution is 8.00. The molecule has 0 aromatic rings. The van der Waals surface area contributed by atoms with Gasteiger partial charge in [-0.2, -0.15) is 0 Å². The number of hydrogen-bond acceptors (Lipinski definition) is 4. The van der Waals surface area contributed by atoms with Crippen molar-refractivity contribution in [1.82, 2.24) is 9.80 Å². The second-order valence-corrected chi connectivity index (χ2v) is 5.14. The van der Waals surface area contributed by atoms with Crippen molar-refractivity contribution in [3.63, 3.8) is 0 Å². The lowest BCUT2D eigenvalue weighted by Gasteiger charge is -2.30. The summed E-state index contributed by atoms with van der Waals surface area (Å²) in [4.78, 5) is 26.5. The Bertz CT molecular complexity index is 290. The Labute approximate surface area is 98.8 Å². The number of aliphatic hydroxyl groups excluding tert-OH is 1. The summed E-state index contributed by atoms with van der Waals surface area (Å²) in [7, 11) is 0. The van der Waals surface area contributed by atoms with Crippen LogP contribution < -0.4 is 0 Å². The largest absolute Gasteiger partial charge is 0.393 e. The Morgan fingerprint density at radius 3 is 2.69 bits per heavy atom. The van der Waals surface area contributed by atoms with E-state index in [1.165, 1.54) is 0 Å². The predicted octanol–water partition coefficient (Wildman–Crippen LogP) is -0.497. The van der Waals surface area contributed by atoms with E-state index < -0.39 is 0 Å². The smallest absolute Gasteiger partial charge is 0.242 e. The van der Waals surface area contributed by atoms with Gasteiger partial charge in [0, 0.05) is 13.1 Å². The maximum atomic E-state index is 11.8. The lowest BCUT2D eigenvalue weighted by molar-refractivity contribution is -0.139. The number of likely N-dealkylation sites (tertiary alicyclic amines) is 1. The van der Waals surface area contributed by atoms with E-state index in [1.807, 2.05) is 0 Å². The third-order valence-corrected chi connectivity index (χ3v) is 3.91. The molecule has 16 heavy (non-hydrogen) atoms. The van der Waals surface area contributed by atoms with Crippen LogP contribution in [0.25, 0.3) is 0 Å². The van der Waals surface area contributed by atoms with E-state index in [-0.39, 0.29) is 24.5 Å². The van der Waals surface area contributed by atoms with Gasteiger partial charge < -0.3 is 14.9 Å². The molecule has 2 aliphatic heterocycles. The van der Waals surface area contributed by atoms with Gasteiger partial charge in [0.25, 0.3) is 0 Å². The number of rotatable bonds is 2. The van der Waals surface area contributed by atoms with Crippen LogP contribution in [-0.2, 0) is 9.59 Å². The normalized spacial score (nSPS) is 22.9. The SMILES string of the molecule is O=C(CN1CSCC1=O)N1CCC(O)CC1. The van der Waals surface area contributed by atoms with Crippen molar-refractivity contribution in [1.29, 1.82) is 0 Å². The first-order valence-electron chi connectivity index (χ1n) is 5.48. The highest BCUT2D eigenvalue weighted by Gasteiger charge is 2.27. The molecule has 0 aromatic carbocycles. The maximum Gasteiger partial charge on any atom is 0.242 e. The van der Waals surface area contributed by atoms with Gasteiger partial charge in [-0.05, 0) is 12.8 Å². The third kappa shape index (κ3) is 2.68. The number of aliphatic hydroxyl groups is 1. The van der Waals surface area contributed by atoms with Crippen molar-refractivity contribution in [2.45, 2.75) is 18.9 Å². The molecule has 2 heterocycles. The Morgan fingerprint density at radius 2 is 2.12 bits per heavy atom. The van der Waals surface area contributed by atoms with Gasteiger partial charge in [-0.1, -0.05) is 0 Å². The standard InChI is InChI=1S/C10H16N2O3S/c13-8-1-3-11(4-2-8)9(14)5-12-7-16-6-10(12)15/h8,13H,1-7H2. The van der Waals surface area contributed by atoms with Gasteiger partial charge in [0.15, 0.2) is 0 Å². The molecule has 2 fully saturated rings. The van der Waals surface area contributed by atoms with Gasteiger partial charge in [0.2, 0.25) is 11.8 Å². The molecule has 6 heteroatoms. The van der Waals surface area contributed by atoms with Crippen LogP contribution in [0.1, 0.15) is 12.8 Å². The first-order chi connectivity index (χ1) is 7.66. The summed E-state index contributed by atoms with van der Waals surface area (Å²) in [5.41, 5.74) is 0. The molecule has 0 atom stereocenters. The van der Waals surface area contributed by atoms with E-state index >= 15 is 0 Å². The van der Waals surface area contributed by atoms with E-state index in [2.05, 4.69) is 0 Å². The number of hydrogen-bond donors (Lipinski definition) is 1. The molecule has 90 valence electrons. The molecule has 5 nitrogen and oxygen atoms in total. The molecule has 2 rings (SSSR count). The minimum Gasteiger partial charge on any atom is -0.393 e. The van der Waals surface area contributed by atoms with E-state index in [4.69, 9.17) is 0 Å². The molecule has 0 aromatic heterocycles. The molecular formula is C10H16N2O3S. The quantitative estimate of drug-likeness (QED) is 0.711. The average molecular weight is 244 g/mol. The van der Waals surface area contributed by atoms with Gasteiger partial charge in [-0.15, -0.1) is 11.8 Å². The van der Waals surface area contributed by atoms with Crippen LogP contribution in [0.4, 0.5) is 0 Å². The molecule has 2 saturated heterocycles. The van der Waals surface area contributed by atoms with Crippen LogP contribution in [0.3, 0.4) is 0 Å². The molecule has 0 bridgehead atoms. The number of thioether (sulfide) groups is 1. The van der Waals surface area contributed by atoms with Crippen LogP contribution in [0, 0.1) is 0 Å². The van der Waals surface area contributed by atoms with Crippen LogP contribution in [-0.4, -0.2) is 64.1 Å². The lowest BCUT2D eigenvalue weighted by atomic mass is 10.1. The highest BCUT2D eigenvalue weighted by atomic mass is 32.2. The van der Waals surface area contributed by atoms with Crippen LogP contribution in [0.2, 0.25) is 0 Å². The zero-order valence-corrected chi connectivity index (χ0v) is 9.91. The number of carbonyl (C=O) groups is 2. The molecule has 2 aliphatic rings. The Morgan fingerprint density at radius 1 is 1.44 bits per heavy atom. The van der Waals surface area contributed by atoms with Gasteiger partial charge in [-0.3, -0.25) is 9.59 Å². The summed E-state index contributed by atoms with van der Waals surface area (Å²) < 4.78 is 0. The summed E-state index contributed by atoms with van der Waals surface area (Å²) in [5, 5.41) is 9.33. The second kappa shape index (κ2) is 5.05. The fourth-order valence-electron chi connectivity index (χ4n) is 1.92. The molecule has 0 aliphatic carbocycles. The lowest BCUT2D eigenvalue weighted by Crippen LogP contribution is -2.45. The Kier molecular flexibility index (Phi) is 3.70. The molecular weight excluding hydrogens is 228 g/mol. The maximum absolute atomic E-state index is 11.8.